The van der Waals surface area contributed by atoms with E-state index in [0.29, 0.717) is 28.2 Å². The number of aryl methyl sites for hydroxylation is 1. The summed E-state index contributed by atoms with van der Waals surface area (Å²) in [6.45, 7) is 6.50. The maximum atomic E-state index is 12.3. The lowest BCUT2D eigenvalue weighted by molar-refractivity contribution is -0.113. The zero-order valence-electron chi connectivity index (χ0n) is 16.0. The van der Waals surface area contributed by atoms with Crippen molar-refractivity contribution in [2.75, 3.05) is 11.1 Å². The normalized spacial score (nSPS) is 10.6. The van der Waals surface area contributed by atoms with Crippen molar-refractivity contribution < 1.29 is 9.53 Å². The molecule has 29 heavy (non-hydrogen) atoms. The summed E-state index contributed by atoms with van der Waals surface area (Å²) < 4.78 is 7.64. The predicted molar refractivity (Wildman–Crippen MR) is 117 cm³/mol. The molecule has 8 heteroatoms. The molecule has 1 N–H and O–H groups in total. The van der Waals surface area contributed by atoms with Crippen molar-refractivity contribution in [2.45, 2.75) is 25.2 Å². The minimum absolute atomic E-state index is 0.148. The summed E-state index contributed by atoms with van der Waals surface area (Å²) in [5, 5.41) is 12.5. The lowest BCUT2D eigenvalue weighted by atomic mass is 10.2. The van der Waals surface area contributed by atoms with E-state index in [9.17, 15) is 4.79 Å². The van der Waals surface area contributed by atoms with Gasteiger partial charge in [0.2, 0.25) is 5.91 Å². The van der Waals surface area contributed by atoms with Crippen LogP contribution >= 0.6 is 23.4 Å². The molecule has 0 bridgehead atoms. The van der Waals surface area contributed by atoms with Gasteiger partial charge in [0.05, 0.1) is 5.75 Å². The number of hydrogen-bond acceptors (Lipinski definition) is 5. The van der Waals surface area contributed by atoms with Gasteiger partial charge in [0.15, 0.2) is 11.0 Å². The highest BCUT2D eigenvalue weighted by atomic mass is 35.5. The summed E-state index contributed by atoms with van der Waals surface area (Å²) in [6.07, 6.45) is 1.76. The molecule has 0 aliphatic heterocycles. The third-order valence-electron chi connectivity index (χ3n) is 4.00. The summed E-state index contributed by atoms with van der Waals surface area (Å²) in [4.78, 5) is 12.3. The van der Waals surface area contributed by atoms with Crippen LogP contribution in [0.4, 0.5) is 5.69 Å². The molecule has 1 amide bonds. The summed E-state index contributed by atoms with van der Waals surface area (Å²) in [5.74, 6) is 1.47. The molecule has 6 nitrogen and oxygen atoms in total. The summed E-state index contributed by atoms with van der Waals surface area (Å²) in [5.41, 5.74) is 1.62. The van der Waals surface area contributed by atoms with E-state index in [4.69, 9.17) is 16.3 Å². The number of aromatic nitrogens is 3. The quantitative estimate of drug-likeness (QED) is 0.394. The third kappa shape index (κ3) is 5.85. The SMILES string of the molecule is C=CCn1c(COc2ccccc2)nnc1SCC(=O)Nc1ccc(C)c(Cl)c1. The largest absolute Gasteiger partial charge is 0.486 e. The number of carbonyl (C=O) groups is 1. The highest BCUT2D eigenvalue weighted by Gasteiger charge is 2.14. The van der Waals surface area contributed by atoms with Gasteiger partial charge in [-0.05, 0) is 36.8 Å². The molecule has 1 heterocycles. The molecule has 0 radical (unpaired) electrons. The molecule has 2 aromatic carbocycles. The topological polar surface area (TPSA) is 69.0 Å². The van der Waals surface area contributed by atoms with Crippen LogP contribution in [0, 0.1) is 6.92 Å². The number of benzene rings is 2. The number of para-hydroxylation sites is 1. The number of halogens is 1. The van der Waals surface area contributed by atoms with E-state index in [2.05, 4.69) is 22.1 Å². The van der Waals surface area contributed by atoms with Crippen LogP contribution in [0.5, 0.6) is 5.75 Å². The smallest absolute Gasteiger partial charge is 0.234 e. The minimum atomic E-state index is -0.148. The summed E-state index contributed by atoms with van der Waals surface area (Å²) in [7, 11) is 0. The fourth-order valence-electron chi connectivity index (χ4n) is 2.51. The number of ether oxygens (including phenoxy) is 1. The van der Waals surface area contributed by atoms with Crippen LogP contribution in [-0.2, 0) is 17.9 Å². The number of anilines is 1. The van der Waals surface area contributed by atoms with Gasteiger partial charge in [-0.2, -0.15) is 0 Å². The van der Waals surface area contributed by atoms with Gasteiger partial charge in [0.25, 0.3) is 0 Å². The van der Waals surface area contributed by atoms with Crippen LogP contribution in [0.25, 0.3) is 0 Å². The molecule has 3 aromatic rings. The Morgan fingerprint density at radius 3 is 2.79 bits per heavy atom. The minimum Gasteiger partial charge on any atom is -0.486 e. The fourth-order valence-corrected chi connectivity index (χ4v) is 3.45. The molecule has 0 atom stereocenters. The Morgan fingerprint density at radius 1 is 1.28 bits per heavy atom. The molecular formula is C21H21ClN4O2S. The van der Waals surface area contributed by atoms with Crippen molar-refractivity contribution >= 4 is 35.0 Å². The second-order valence-corrected chi connectivity index (χ2v) is 7.55. The maximum Gasteiger partial charge on any atom is 0.234 e. The average molecular weight is 429 g/mol. The Labute approximate surface area is 178 Å². The number of nitrogens with zero attached hydrogens (tertiary/aromatic N) is 3. The number of hydrogen-bond donors (Lipinski definition) is 1. The molecule has 150 valence electrons. The van der Waals surface area contributed by atoms with Crippen molar-refractivity contribution in [3.05, 3.63) is 77.6 Å². The van der Waals surface area contributed by atoms with Gasteiger partial charge in [0.1, 0.15) is 12.4 Å². The van der Waals surface area contributed by atoms with Crippen LogP contribution in [0.2, 0.25) is 5.02 Å². The molecule has 1 aromatic heterocycles. The van der Waals surface area contributed by atoms with Crippen molar-refractivity contribution in [1.82, 2.24) is 14.8 Å². The fraction of sp³-hybridized carbons (Fsp3) is 0.190. The molecule has 0 unspecified atom stereocenters. The highest BCUT2D eigenvalue weighted by Crippen LogP contribution is 2.22. The number of nitrogens with one attached hydrogen (secondary N) is 1. The first-order valence-electron chi connectivity index (χ1n) is 8.96. The van der Waals surface area contributed by atoms with E-state index in [1.54, 1.807) is 12.1 Å². The molecule has 0 fully saturated rings. The number of thioether (sulfide) groups is 1. The third-order valence-corrected chi connectivity index (χ3v) is 5.38. The molecule has 0 aliphatic rings. The maximum absolute atomic E-state index is 12.3. The van der Waals surface area contributed by atoms with E-state index in [1.807, 2.05) is 54.0 Å². The zero-order chi connectivity index (χ0) is 20.6. The molecule has 3 rings (SSSR count). The Bertz CT molecular complexity index is 992. The van der Waals surface area contributed by atoms with Gasteiger partial charge in [-0.1, -0.05) is 53.7 Å². The van der Waals surface area contributed by atoms with Gasteiger partial charge in [0, 0.05) is 17.3 Å². The van der Waals surface area contributed by atoms with Gasteiger partial charge in [-0.3, -0.25) is 9.36 Å². The standard InChI is InChI=1S/C21H21ClN4O2S/c1-3-11-26-19(13-28-17-7-5-4-6-8-17)24-25-21(26)29-14-20(27)23-16-10-9-15(2)18(22)12-16/h3-10,12H,1,11,13-14H2,2H3,(H,23,27). The van der Waals surface area contributed by atoms with Gasteiger partial charge in [-0.25, -0.2) is 0 Å². The molecule has 0 saturated carbocycles. The highest BCUT2D eigenvalue weighted by molar-refractivity contribution is 7.99. The van der Waals surface area contributed by atoms with Gasteiger partial charge >= 0.3 is 0 Å². The number of rotatable bonds is 9. The monoisotopic (exact) mass is 428 g/mol. The number of amides is 1. The predicted octanol–water partition coefficient (Wildman–Crippen LogP) is 4.74. The number of allylic oxidation sites excluding steroid dienone is 1. The van der Waals surface area contributed by atoms with Crippen molar-refractivity contribution in [1.29, 1.82) is 0 Å². The summed E-state index contributed by atoms with van der Waals surface area (Å²) >= 11 is 7.41. The lowest BCUT2D eigenvalue weighted by Gasteiger charge is -2.09. The van der Waals surface area contributed by atoms with Crippen molar-refractivity contribution in [3.8, 4) is 5.75 Å². The van der Waals surface area contributed by atoms with E-state index in [0.717, 1.165) is 11.3 Å². The molecule has 0 saturated heterocycles. The van der Waals surface area contributed by atoms with E-state index < -0.39 is 0 Å². The first-order chi connectivity index (χ1) is 14.1. The average Bonchev–Trinajstić information content (AvgIpc) is 3.10. The van der Waals surface area contributed by atoms with Crippen LogP contribution in [0.1, 0.15) is 11.4 Å². The molecule has 0 aliphatic carbocycles. The van der Waals surface area contributed by atoms with Crippen LogP contribution < -0.4 is 10.1 Å². The van der Waals surface area contributed by atoms with Crippen LogP contribution in [-0.4, -0.2) is 26.4 Å². The first kappa shape index (κ1) is 21.0. The van der Waals surface area contributed by atoms with Crippen molar-refractivity contribution in [3.63, 3.8) is 0 Å². The van der Waals surface area contributed by atoms with E-state index >= 15 is 0 Å². The number of carbonyl (C=O) groups excluding carboxylic acids is 1. The Balaban J connectivity index is 1.60. The second-order valence-electron chi connectivity index (χ2n) is 6.20. The van der Waals surface area contributed by atoms with Crippen LogP contribution in [0.3, 0.4) is 0 Å². The van der Waals surface area contributed by atoms with E-state index in [1.165, 1.54) is 11.8 Å². The van der Waals surface area contributed by atoms with Crippen LogP contribution in [0.15, 0.2) is 66.3 Å². The Kier molecular flexibility index (Phi) is 7.32. The Morgan fingerprint density at radius 2 is 2.07 bits per heavy atom. The van der Waals surface area contributed by atoms with Crippen molar-refractivity contribution in [2.24, 2.45) is 0 Å². The van der Waals surface area contributed by atoms with E-state index in [-0.39, 0.29) is 18.3 Å². The summed E-state index contributed by atoms with van der Waals surface area (Å²) in [6, 6.07) is 14.9. The zero-order valence-corrected chi connectivity index (χ0v) is 17.5. The molecule has 0 spiro atoms. The Hall–Kier alpha value is -2.77. The second kappa shape index (κ2) is 10.1. The van der Waals surface area contributed by atoms with Gasteiger partial charge < -0.3 is 10.1 Å². The lowest BCUT2D eigenvalue weighted by Crippen LogP contribution is -2.15. The first-order valence-corrected chi connectivity index (χ1v) is 10.3. The van der Waals surface area contributed by atoms with Gasteiger partial charge in [-0.15, -0.1) is 16.8 Å². The molecular weight excluding hydrogens is 408 g/mol.